The standard InChI is InChI=1S/C26H25N3O/c1-2-3-16-22(29-24-18-11-10-17-23(24)27-28-29)19-25-26(30-25,20-12-6-4-7-13-20)21-14-8-5-9-15-21/h4-15,17-19,25H,2-3,16H2,1H3. The molecule has 1 atom stereocenters. The molecule has 0 amide bonds. The van der Waals surface area contributed by atoms with Crippen molar-refractivity contribution < 1.29 is 4.74 Å². The lowest BCUT2D eigenvalue weighted by Crippen LogP contribution is -2.14. The summed E-state index contributed by atoms with van der Waals surface area (Å²) in [5, 5.41) is 8.82. The SMILES string of the molecule is CCCCC(=CC1OC1(c1ccccc1)c1ccccc1)n1nnc2ccccc21. The molecule has 1 saturated heterocycles. The fourth-order valence-electron chi connectivity index (χ4n) is 4.19. The normalized spacial score (nSPS) is 17.9. The molecular weight excluding hydrogens is 370 g/mol. The van der Waals surface area contributed by atoms with Crippen LogP contribution in [-0.2, 0) is 10.3 Å². The maximum Gasteiger partial charge on any atom is 0.149 e. The predicted octanol–water partition coefficient (Wildman–Crippen LogP) is 5.81. The van der Waals surface area contributed by atoms with Crippen molar-refractivity contribution in [2.45, 2.75) is 37.9 Å². The summed E-state index contributed by atoms with van der Waals surface area (Å²) in [6, 6.07) is 29.1. The second-order valence-corrected chi connectivity index (χ2v) is 7.76. The molecule has 0 aliphatic carbocycles. The van der Waals surface area contributed by atoms with Crippen LogP contribution in [-0.4, -0.2) is 21.1 Å². The second-order valence-electron chi connectivity index (χ2n) is 7.76. The van der Waals surface area contributed by atoms with Gasteiger partial charge in [-0.25, -0.2) is 4.68 Å². The van der Waals surface area contributed by atoms with E-state index in [2.05, 4.69) is 77.9 Å². The van der Waals surface area contributed by atoms with E-state index in [1.54, 1.807) is 0 Å². The highest BCUT2D eigenvalue weighted by Gasteiger charge is 2.58. The zero-order valence-corrected chi connectivity index (χ0v) is 17.1. The summed E-state index contributed by atoms with van der Waals surface area (Å²) in [5.41, 5.74) is 4.99. The maximum atomic E-state index is 6.46. The van der Waals surface area contributed by atoms with Gasteiger partial charge >= 0.3 is 0 Å². The van der Waals surface area contributed by atoms with Gasteiger partial charge < -0.3 is 4.74 Å². The van der Waals surface area contributed by atoms with Crippen LogP contribution in [0.4, 0.5) is 0 Å². The Bertz CT molecular complexity index is 1130. The van der Waals surface area contributed by atoms with E-state index in [1.807, 2.05) is 35.0 Å². The van der Waals surface area contributed by atoms with Crippen molar-refractivity contribution in [3.63, 3.8) is 0 Å². The van der Waals surface area contributed by atoms with Gasteiger partial charge in [0.1, 0.15) is 17.2 Å². The lowest BCUT2D eigenvalue weighted by atomic mass is 9.87. The highest BCUT2D eigenvalue weighted by atomic mass is 16.6. The molecule has 4 aromatic rings. The van der Waals surface area contributed by atoms with Crippen molar-refractivity contribution in [2.24, 2.45) is 0 Å². The first-order valence-electron chi connectivity index (χ1n) is 10.6. The molecule has 1 aliphatic rings. The number of epoxide rings is 1. The molecule has 3 aromatic carbocycles. The van der Waals surface area contributed by atoms with Crippen LogP contribution in [0.3, 0.4) is 0 Å². The molecule has 2 heterocycles. The summed E-state index contributed by atoms with van der Waals surface area (Å²) in [6.07, 6.45) is 5.35. The van der Waals surface area contributed by atoms with Crippen LogP contribution in [0.5, 0.6) is 0 Å². The zero-order chi connectivity index (χ0) is 20.4. The number of aromatic nitrogens is 3. The van der Waals surface area contributed by atoms with Gasteiger partial charge in [-0.2, -0.15) is 0 Å². The van der Waals surface area contributed by atoms with E-state index in [0.717, 1.165) is 36.0 Å². The Morgan fingerprint density at radius 2 is 1.57 bits per heavy atom. The van der Waals surface area contributed by atoms with E-state index in [0.29, 0.717) is 0 Å². The minimum Gasteiger partial charge on any atom is -0.351 e. The molecule has 1 aromatic heterocycles. The monoisotopic (exact) mass is 395 g/mol. The Labute approximate surface area is 176 Å². The number of ether oxygens (including phenoxy) is 1. The first kappa shape index (κ1) is 18.8. The summed E-state index contributed by atoms with van der Waals surface area (Å²) < 4.78 is 8.44. The predicted molar refractivity (Wildman–Crippen MR) is 120 cm³/mol. The number of unbranched alkanes of at least 4 members (excludes halogenated alkanes) is 1. The summed E-state index contributed by atoms with van der Waals surface area (Å²) >= 11 is 0. The molecule has 0 bridgehead atoms. The molecule has 1 fully saturated rings. The Balaban J connectivity index is 1.58. The first-order valence-corrected chi connectivity index (χ1v) is 10.6. The highest BCUT2D eigenvalue weighted by Crippen LogP contribution is 2.53. The van der Waals surface area contributed by atoms with Crippen molar-refractivity contribution in [1.29, 1.82) is 0 Å². The highest BCUT2D eigenvalue weighted by molar-refractivity contribution is 5.77. The average Bonchev–Trinajstić information content (AvgIpc) is 3.38. The Hall–Kier alpha value is -3.24. The molecule has 5 rings (SSSR count). The Morgan fingerprint density at radius 3 is 2.23 bits per heavy atom. The van der Waals surface area contributed by atoms with Crippen molar-refractivity contribution in [3.8, 4) is 0 Å². The first-order chi connectivity index (χ1) is 14.8. The molecule has 4 heteroatoms. The fourth-order valence-corrected chi connectivity index (χ4v) is 4.19. The number of benzene rings is 3. The minimum absolute atomic E-state index is 0.0443. The van der Waals surface area contributed by atoms with E-state index >= 15 is 0 Å². The van der Waals surface area contributed by atoms with Crippen LogP contribution in [0.25, 0.3) is 16.7 Å². The van der Waals surface area contributed by atoms with Gasteiger partial charge in [0.05, 0.1) is 5.52 Å². The number of fused-ring (bicyclic) bond motifs is 1. The van der Waals surface area contributed by atoms with Crippen LogP contribution in [0, 0.1) is 0 Å². The van der Waals surface area contributed by atoms with Gasteiger partial charge in [-0.1, -0.05) is 91.4 Å². The Kier molecular flexibility index (Phi) is 4.93. The molecule has 1 aliphatic heterocycles. The van der Waals surface area contributed by atoms with E-state index < -0.39 is 5.60 Å². The summed E-state index contributed by atoms with van der Waals surface area (Å²) in [5.74, 6) is 0. The molecule has 0 saturated carbocycles. The largest absolute Gasteiger partial charge is 0.351 e. The molecule has 0 spiro atoms. The summed E-state index contributed by atoms with van der Waals surface area (Å²) in [4.78, 5) is 0. The fraction of sp³-hybridized carbons (Fsp3) is 0.231. The van der Waals surface area contributed by atoms with Crippen LogP contribution in [0.15, 0.2) is 91.0 Å². The van der Waals surface area contributed by atoms with Crippen LogP contribution < -0.4 is 0 Å². The zero-order valence-electron chi connectivity index (χ0n) is 17.1. The van der Waals surface area contributed by atoms with Crippen LogP contribution in [0.1, 0.15) is 37.3 Å². The topological polar surface area (TPSA) is 43.2 Å². The number of hydrogen-bond acceptors (Lipinski definition) is 3. The van der Waals surface area contributed by atoms with E-state index in [-0.39, 0.29) is 6.10 Å². The van der Waals surface area contributed by atoms with E-state index in [9.17, 15) is 0 Å². The number of nitrogens with zero attached hydrogens (tertiary/aromatic N) is 3. The molecule has 0 N–H and O–H groups in total. The van der Waals surface area contributed by atoms with Crippen LogP contribution in [0.2, 0.25) is 0 Å². The lowest BCUT2D eigenvalue weighted by Gasteiger charge is -2.14. The number of allylic oxidation sites excluding steroid dienone is 1. The van der Waals surface area contributed by atoms with Gasteiger partial charge in [-0.05, 0) is 42.2 Å². The third kappa shape index (κ3) is 3.23. The quantitative estimate of drug-likeness (QED) is 0.371. The molecule has 1 unspecified atom stereocenters. The minimum atomic E-state index is -0.448. The third-order valence-electron chi connectivity index (χ3n) is 5.82. The van der Waals surface area contributed by atoms with Crippen LogP contribution >= 0.6 is 0 Å². The van der Waals surface area contributed by atoms with Gasteiger partial charge in [0.2, 0.25) is 0 Å². The van der Waals surface area contributed by atoms with Gasteiger partial charge in [0.25, 0.3) is 0 Å². The van der Waals surface area contributed by atoms with Crippen molar-refractivity contribution in [3.05, 3.63) is 102 Å². The average molecular weight is 396 g/mol. The molecule has 0 radical (unpaired) electrons. The van der Waals surface area contributed by atoms with Crippen molar-refractivity contribution in [1.82, 2.24) is 15.0 Å². The van der Waals surface area contributed by atoms with Gasteiger partial charge in [0, 0.05) is 5.70 Å². The molecular formula is C26H25N3O. The van der Waals surface area contributed by atoms with Crippen molar-refractivity contribution in [2.75, 3.05) is 0 Å². The second kappa shape index (κ2) is 7.88. The summed E-state index contributed by atoms with van der Waals surface area (Å²) in [6.45, 7) is 2.21. The van der Waals surface area contributed by atoms with Gasteiger partial charge in [0.15, 0.2) is 0 Å². The van der Waals surface area contributed by atoms with E-state index in [4.69, 9.17) is 4.74 Å². The lowest BCUT2D eigenvalue weighted by molar-refractivity contribution is 0.338. The van der Waals surface area contributed by atoms with Gasteiger partial charge in [-0.3, -0.25) is 0 Å². The number of para-hydroxylation sites is 1. The smallest absolute Gasteiger partial charge is 0.149 e. The number of hydrogen-bond donors (Lipinski definition) is 0. The maximum absolute atomic E-state index is 6.46. The number of rotatable bonds is 7. The summed E-state index contributed by atoms with van der Waals surface area (Å²) in [7, 11) is 0. The van der Waals surface area contributed by atoms with E-state index in [1.165, 1.54) is 11.1 Å². The Morgan fingerprint density at radius 1 is 0.933 bits per heavy atom. The van der Waals surface area contributed by atoms with Crippen molar-refractivity contribution >= 4 is 16.7 Å². The third-order valence-corrected chi connectivity index (χ3v) is 5.82. The van der Waals surface area contributed by atoms with Gasteiger partial charge in [-0.15, -0.1) is 5.10 Å². The molecule has 150 valence electrons. The molecule has 30 heavy (non-hydrogen) atoms. The molecule has 4 nitrogen and oxygen atoms in total.